The molecule has 0 saturated carbocycles. The van der Waals surface area contributed by atoms with Gasteiger partial charge < -0.3 is 29.5 Å². The zero-order valence-electron chi connectivity index (χ0n) is 21.4. The van der Waals surface area contributed by atoms with E-state index in [1.807, 2.05) is 0 Å². The van der Waals surface area contributed by atoms with E-state index in [0.29, 0.717) is 5.56 Å². The number of carbonyl (C=O) groups is 2. The molecule has 1 unspecified atom stereocenters. The van der Waals surface area contributed by atoms with Gasteiger partial charge in [-0.2, -0.15) is 30.7 Å². The van der Waals surface area contributed by atoms with Crippen LogP contribution >= 0.6 is 11.6 Å². The van der Waals surface area contributed by atoms with Crippen molar-refractivity contribution < 1.29 is 59.6 Å². The van der Waals surface area contributed by atoms with E-state index in [9.17, 15) is 45.4 Å². The van der Waals surface area contributed by atoms with E-state index in [-0.39, 0.29) is 42.6 Å². The Hall–Kier alpha value is -3.30. The summed E-state index contributed by atoms with van der Waals surface area (Å²) in [5, 5.41) is 11.7. The highest BCUT2D eigenvalue weighted by Crippen LogP contribution is 2.46. The summed E-state index contributed by atoms with van der Waals surface area (Å²) in [6.45, 7) is -0.953. The average Bonchev–Trinajstić information content (AvgIpc) is 2.88. The van der Waals surface area contributed by atoms with Crippen LogP contribution in [0.5, 0.6) is 5.75 Å². The van der Waals surface area contributed by atoms with E-state index in [4.69, 9.17) is 21.1 Å². The first-order valence-corrected chi connectivity index (χ1v) is 12.3. The number of rotatable bonds is 15. The number of aliphatic carboxylic acids is 1. The predicted octanol–water partition coefficient (Wildman–Crippen LogP) is 6.09. The molecule has 0 bridgehead atoms. The first-order chi connectivity index (χ1) is 19.1. The lowest BCUT2D eigenvalue weighted by atomic mass is 10.1. The van der Waals surface area contributed by atoms with Crippen molar-refractivity contribution in [3.8, 4) is 5.75 Å². The van der Waals surface area contributed by atoms with Gasteiger partial charge in [0.15, 0.2) is 6.10 Å². The Morgan fingerprint density at radius 2 is 1.59 bits per heavy atom. The number of amides is 2. The number of nitrogens with one attached hydrogen (secondary N) is 1. The van der Waals surface area contributed by atoms with Crippen molar-refractivity contribution in [3.63, 3.8) is 0 Å². The summed E-state index contributed by atoms with van der Waals surface area (Å²) < 4.78 is 105. The number of alkyl halides is 7. The molecule has 2 rings (SSSR count). The number of halogens is 8. The van der Waals surface area contributed by atoms with Gasteiger partial charge in [-0.3, -0.25) is 0 Å². The lowest BCUT2D eigenvalue weighted by Crippen LogP contribution is -2.54. The molecule has 2 aromatic rings. The summed E-state index contributed by atoms with van der Waals surface area (Å²) in [4.78, 5) is 24.8. The van der Waals surface area contributed by atoms with Crippen LogP contribution in [-0.2, 0) is 20.7 Å². The zero-order chi connectivity index (χ0) is 30.8. The van der Waals surface area contributed by atoms with Crippen LogP contribution in [0.15, 0.2) is 48.5 Å². The molecular formula is C25H26ClF7N2O6. The van der Waals surface area contributed by atoms with Crippen molar-refractivity contribution in [1.82, 2.24) is 4.90 Å². The summed E-state index contributed by atoms with van der Waals surface area (Å²) in [6.07, 6.45) is -13.4. The second kappa shape index (κ2) is 14.5. The van der Waals surface area contributed by atoms with Crippen molar-refractivity contribution in [2.45, 2.75) is 37.7 Å². The minimum Gasteiger partial charge on any atom is -0.492 e. The maximum Gasteiger partial charge on any atom is 0.462 e. The number of ether oxygens (including phenoxy) is 3. The largest absolute Gasteiger partial charge is 0.492 e. The van der Waals surface area contributed by atoms with Crippen molar-refractivity contribution in [2.75, 3.05) is 38.2 Å². The Bertz CT molecular complexity index is 1150. The molecular weight excluding hydrogens is 593 g/mol. The number of carboxylic acid groups (broad SMARTS) is 1. The Balaban J connectivity index is 2.05. The smallest absolute Gasteiger partial charge is 0.462 e. The minimum absolute atomic E-state index is 0.0808. The van der Waals surface area contributed by atoms with Gasteiger partial charge in [-0.25, -0.2) is 9.59 Å². The maximum absolute atomic E-state index is 13.5. The van der Waals surface area contributed by atoms with Gasteiger partial charge in [0.1, 0.15) is 12.4 Å². The molecule has 16 heteroatoms. The molecule has 0 aliphatic rings. The van der Waals surface area contributed by atoms with E-state index in [0.717, 1.165) is 4.90 Å². The molecule has 0 aromatic heterocycles. The van der Waals surface area contributed by atoms with E-state index in [2.05, 4.69) is 10.1 Å². The molecule has 2 N–H and O–H groups in total. The molecule has 2 amide bonds. The third-order valence-corrected chi connectivity index (χ3v) is 5.72. The monoisotopic (exact) mass is 618 g/mol. The van der Waals surface area contributed by atoms with Gasteiger partial charge >= 0.3 is 30.2 Å². The third kappa shape index (κ3) is 9.64. The molecule has 228 valence electrons. The summed E-state index contributed by atoms with van der Waals surface area (Å²) >= 11 is 5.98. The molecule has 0 radical (unpaired) electrons. The van der Waals surface area contributed by atoms with Gasteiger partial charge in [0.25, 0.3) is 0 Å². The van der Waals surface area contributed by atoms with Crippen LogP contribution in [-0.4, -0.2) is 79.2 Å². The molecule has 0 heterocycles. The third-order valence-electron chi connectivity index (χ3n) is 5.39. The molecule has 0 spiro atoms. The van der Waals surface area contributed by atoms with Crippen LogP contribution in [0.1, 0.15) is 12.5 Å². The molecule has 0 aliphatic carbocycles. The van der Waals surface area contributed by atoms with Gasteiger partial charge in [-0.15, -0.1) is 0 Å². The van der Waals surface area contributed by atoms with Crippen LogP contribution in [0.4, 0.5) is 41.2 Å². The van der Waals surface area contributed by atoms with Crippen LogP contribution in [0.25, 0.3) is 0 Å². The van der Waals surface area contributed by atoms with E-state index < -0.39 is 49.5 Å². The lowest BCUT2D eigenvalue weighted by molar-refractivity contribution is -0.423. The van der Waals surface area contributed by atoms with Crippen LogP contribution in [0, 0.1) is 0 Å². The zero-order valence-corrected chi connectivity index (χ0v) is 22.2. The lowest BCUT2D eigenvalue weighted by Gasteiger charge is -2.29. The van der Waals surface area contributed by atoms with Crippen molar-refractivity contribution >= 4 is 29.3 Å². The number of nitrogens with zero attached hydrogens (tertiary/aromatic N) is 1. The number of hydrogen-bond donors (Lipinski definition) is 2. The Morgan fingerprint density at radius 1 is 0.976 bits per heavy atom. The fourth-order valence-corrected chi connectivity index (χ4v) is 3.42. The number of urea groups is 1. The van der Waals surface area contributed by atoms with Gasteiger partial charge in [0.05, 0.1) is 23.9 Å². The average molecular weight is 619 g/mol. The van der Waals surface area contributed by atoms with E-state index >= 15 is 0 Å². The number of carboxylic acids is 1. The van der Waals surface area contributed by atoms with Crippen molar-refractivity contribution in [2.24, 2.45) is 0 Å². The normalized spacial score (nSPS) is 13.0. The topological polar surface area (TPSA) is 97.3 Å². The molecule has 0 aliphatic heterocycles. The highest BCUT2D eigenvalue weighted by Gasteiger charge is 2.74. The van der Waals surface area contributed by atoms with Crippen LogP contribution in [0.3, 0.4) is 0 Å². The molecule has 0 fully saturated rings. The first-order valence-electron chi connectivity index (χ1n) is 11.9. The number of hydrogen-bond acceptors (Lipinski definition) is 5. The molecule has 0 saturated heterocycles. The quantitative estimate of drug-likeness (QED) is 0.235. The number of benzene rings is 2. The highest BCUT2D eigenvalue weighted by atomic mass is 35.5. The Kier molecular flexibility index (Phi) is 12.0. The standard InChI is InChI=1S/C25H26ClF7N2O6/c1-2-39-20(21(36)37)15-16-7-9-17(10-8-16)40-13-11-35(22(38)34-19-6-4-3-5-18(19)26)12-14-41-25(32,33)23(27,28)24(29,30)31/h3-10,20H,2,11-15H2,1H3,(H,34,38)(H,36,37). The van der Waals surface area contributed by atoms with Gasteiger partial charge in [0, 0.05) is 19.6 Å². The molecule has 2 aromatic carbocycles. The van der Waals surface area contributed by atoms with E-state index in [1.165, 1.54) is 30.3 Å². The predicted molar refractivity (Wildman–Crippen MR) is 133 cm³/mol. The van der Waals surface area contributed by atoms with Gasteiger partial charge in [0.2, 0.25) is 0 Å². The van der Waals surface area contributed by atoms with Gasteiger partial charge in [-0.1, -0.05) is 35.9 Å². The van der Waals surface area contributed by atoms with Gasteiger partial charge in [-0.05, 0) is 36.8 Å². The second-order valence-corrected chi connectivity index (χ2v) is 8.72. The Labute approximate surface area is 234 Å². The molecule has 1 atom stereocenters. The van der Waals surface area contributed by atoms with Crippen LogP contribution in [0.2, 0.25) is 5.02 Å². The fraction of sp³-hybridized carbons (Fsp3) is 0.440. The summed E-state index contributed by atoms with van der Waals surface area (Å²) in [7, 11) is 0. The van der Waals surface area contributed by atoms with Crippen LogP contribution < -0.4 is 10.1 Å². The number of carbonyl (C=O) groups excluding carboxylic acids is 1. The summed E-state index contributed by atoms with van der Waals surface area (Å²) in [5.41, 5.74) is 0.731. The minimum atomic E-state index is -6.57. The fourth-order valence-electron chi connectivity index (χ4n) is 3.24. The second-order valence-electron chi connectivity index (χ2n) is 8.31. The number of anilines is 1. The molecule has 41 heavy (non-hydrogen) atoms. The SMILES string of the molecule is CCOC(Cc1ccc(OCCN(CCOC(F)(F)C(F)(F)C(F)(F)F)C(=O)Nc2ccccc2Cl)cc1)C(=O)O. The number of para-hydroxylation sites is 1. The first kappa shape index (κ1) is 33.9. The Morgan fingerprint density at radius 3 is 2.15 bits per heavy atom. The van der Waals surface area contributed by atoms with E-state index in [1.54, 1.807) is 25.1 Å². The summed E-state index contributed by atoms with van der Waals surface area (Å²) in [6, 6.07) is 11.1. The van der Waals surface area contributed by atoms with Crippen molar-refractivity contribution in [3.05, 3.63) is 59.1 Å². The highest BCUT2D eigenvalue weighted by molar-refractivity contribution is 6.33. The maximum atomic E-state index is 13.5. The molecule has 8 nitrogen and oxygen atoms in total. The summed E-state index contributed by atoms with van der Waals surface area (Å²) in [5.74, 6) is -7.32. The van der Waals surface area contributed by atoms with Crippen molar-refractivity contribution in [1.29, 1.82) is 0 Å².